The SMILES string of the molecule is CC(=O)c1cc(C)[nH]c1/C=C1\C(=O)Nc2ccc(Br)nc21. The molecule has 0 atom stereocenters. The van der Waals surface area contributed by atoms with Crippen LogP contribution in [0.15, 0.2) is 22.8 Å². The van der Waals surface area contributed by atoms with Gasteiger partial charge >= 0.3 is 0 Å². The molecule has 2 aromatic rings. The highest BCUT2D eigenvalue weighted by Crippen LogP contribution is 2.33. The molecule has 2 aromatic heterocycles. The molecule has 0 saturated carbocycles. The first-order valence-electron chi connectivity index (χ1n) is 6.36. The van der Waals surface area contributed by atoms with Crippen molar-refractivity contribution in [2.75, 3.05) is 5.32 Å². The van der Waals surface area contributed by atoms with Gasteiger partial charge in [-0.15, -0.1) is 0 Å². The molecule has 5 nitrogen and oxygen atoms in total. The summed E-state index contributed by atoms with van der Waals surface area (Å²) in [5, 5.41) is 2.76. The van der Waals surface area contributed by atoms with Gasteiger partial charge in [0.25, 0.3) is 5.91 Å². The molecule has 0 spiro atoms. The second-order valence-electron chi connectivity index (χ2n) is 4.88. The largest absolute Gasteiger partial charge is 0.359 e. The van der Waals surface area contributed by atoms with Gasteiger partial charge < -0.3 is 10.3 Å². The Morgan fingerprint density at radius 2 is 2.14 bits per heavy atom. The van der Waals surface area contributed by atoms with Gasteiger partial charge in [-0.2, -0.15) is 0 Å². The van der Waals surface area contributed by atoms with E-state index < -0.39 is 0 Å². The van der Waals surface area contributed by atoms with Crippen molar-refractivity contribution >= 4 is 45.0 Å². The Hall–Kier alpha value is -2.21. The van der Waals surface area contributed by atoms with E-state index in [0.29, 0.717) is 32.8 Å². The van der Waals surface area contributed by atoms with Gasteiger partial charge in [0, 0.05) is 11.3 Å². The molecular weight excluding hydrogens is 334 g/mol. The monoisotopic (exact) mass is 345 g/mol. The number of H-pyrrole nitrogens is 1. The van der Waals surface area contributed by atoms with Gasteiger partial charge in [-0.05, 0) is 54.1 Å². The normalized spacial score (nSPS) is 15.2. The van der Waals surface area contributed by atoms with Crippen LogP contribution in [0.3, 0.4) is 0 Å². The predicted octanol–water partition coefficient (Wildman–Crippen LogP) is 3.18. The summed E-state index contributed by atoms with van der Waals surface area (Å²) in [7, 11) is 0. The fraction of sp³-hybridized carbons (Fsp3) is 0.133. The number of carbonyl (C=O) groups excluding carboxylic acids is 2. The van der Waals surface area contributed by atoms with Gasteiger partial charge in [-0.25, -0.2) is 4.98 Å². The number of Topliss-reactive ketones (excluding diaryl/α,β-unsaturated/α-hetero) is 1. The summed E-state index contributed by atoms with van der Waals surface area (Å²) in [5.74, 6) is -0.274. The van der Waals surface area contributed by atoms with E-state index in [1.165, 1.54) is 6.92 Å². The third kappa shape index (κ3) is 2.42. The number of aromatic amines is 1. The Morgan fingerprint density at radius 3 is 2.86 bits per heavy atom. The minimum absolute atomic E-state index is 0.0490. The van der Waals surface area contributed by atoms with Crippen molar-refractivity contribution in [3.8, 4) is 0 Å². The summed E-state index contributed by atoms with van der Waals surface area (Å²) >= 11 is 3.30. The van der Waals surface area contributed by atoms with Crippen LogP contribution < -0.4 is 5.32 Å². The number of aromatic nitrogens is 2. The Morgan fingerprint density at radius 1 is 1.38 bits per heavy atom. The molecule has 106 valence electrons. The zero-order valence-corrected chi connectivity index (χ0v) is 13.0. The maximum atomic E-state index is 12.1. The second kappa shape index (κ2) is 4.96. The van der Waals surface area contributed by atoms with Crippen molar-refractivity contribution < 1.29 is 9.59 Å². The Kier molecular flexibility index (Phi) is 3.25. The zero-order chi connectivity index (χ0) is 15.1. The number of hydrogen-bond donors (Lipinski definition) is 2. The molecule has 21 heavy (non-hydrogen) atoms. The molecule has 1 aliphatic rings. The van der Waals surface area contributed by atoms with Gasteiger partial charge in [0.1, 0.15) is 10.3 Å². The number of amides is 1. The molecule has 3 heterocycles. The summed E-state index contributed by atoms with van der Waals surface area (Å²) in [5.41, 5.74) is 3.75. The maximum absolute atomic E-state index is 12.1. The molecule has 0 unspecified atom stereocenters. The lowest BCUT2D eigenvalue weighted by Gasteiger charge is -1.99. The first-order chi connectivity index (χ1) is 9.95. The van der Waals surface area contributed by atoms with Crippen LogP contribution in [0.2, 0.25) is 0 Å². The van der Waals surface area contributed by atoms with Crippen LogP contribution >= 0.6 is 15.9 Å². The van der Waals surface area contributed by atoms with Crippen LogP contribution in [0.1, 0.15) is 34.4 Å². The maximum Gasteiger partial charge on any atom is 0.258 e. The van der Waals surface area contributed by atoms with Crippen molar-refractivity contribution in [2.45, 2.75) is 13.8 Å². The Bertz CT molecular complexity index is 805. The van der Waals surface area contributed by atoms with E-state index in [1.54, 1.807) is 24.3 Å². The number of rotatable bonds is 2. The third-order valence-corrected chi connectivity index (χ3v) is 3.70. The van der Waals surface area contributed by atoms with Crippen molar-refractivity contribution in [1.82, 2.24) is 9.97 Å². The molecule has 0 saturated heterocycles. The molecule has 6 heteroatoms. The molecule has 0 radical (unpaired) electrons. The zero-order valence-electron chi connectivity index (χ0n) is 11.5. The van der Waals surface area contributed by atoms with Crippen LogP contribution in [0.4, 0.5) is 5.69 Å². The van der Waals surface area contributed by atoms with E-state index in [0.717, 1.165) is 5.69 Å². The molecular formula is C15H12BrN3O2. The first kappa shape index (κ1) is 13.8. The van der Waals surface area contributed by atoms with Crippen LogP contribution in [0.25, 0.3) is 11.6 Å². The summed E-state index contributed by atoms with van der Waals surface area (Å²) in [6.45, 7) is 3.37. The number of nitrogens with one attached hydrogen (secondary N) is 2. The Balaban J connectivity index is 2.15. The minimum Gasteiger partial charge on any atom is -0.359 e. The average molecular weight is 346 g/mol. The van der Waals surface area contributed by atoms with E-state index >= 15 is 0 Å². The third-order valence-electron chi connectivity index (χ3n) is 3.26. The quantitative estimate of drug-likeness (QED) is 0.498. The van der Waals surface area contributed by atoms with Gasteiger partial charge in [-0.3, -0.25) is 9.59 Å². The van der Waals surface area contributed by atoms with Crippen LogP contribution in [0, 0.1) is 6.92 Å². The molecule has 0 fully saturated rings. The number of nitrogens with zero attached hydrogens (tertiary/aromatic N) is 1. The van der Waals surface area contributed by atoms with E-state index in [1.807, 2.05) is 6.92 Å². The van der Waals surface area contributed by atoms with Gasteiger partial charge in [-0.1, -0.05) is 0 Å². The van der Waals surface area contributed by atoms with Gasteiger partial charge in [0.15, 0.2) is 5.78 Å². The highest BCUT2D eigenvalue weighted by atomic mass is 79.9. The summed E-state index contributed by atoms with van der Waals surface area (Å²) in [6, 6.07) is 5.33. The fourth-order valence-electron chi connectivity index (χ4n) is 2.33. The lowest BCUT2D eigenvalue weighted by atomic mass is 10.1. The number of ketones is 1. The highest BCUT2D eigenvalue weighted by Gasteiger charge is 2.26. The number of pyridine rings is 1. The van der Waals surface area contributed by atoms with Crippen molar-refractivity contribution in [3.05, 3.63) is 45.4 Å². The number of carbonyl (C=O) groups is 2. The molecule has 0 bridgehead atoms. The number of halogens is 1. The van der Waals surface area contributed by atoms with Crippen LogP contribution in [-0.2, 0) is 4.79 Å². The fourth-order valence-corrected chi connectivity index (χ4v) is 2.64. The topological polar surface area (TPSA) is 74.8 Å². The van der Waals surface area contributed by atoms with E-state index in [9.17, 15) is 9.59 Å². The molecule has 0 aromatic carbocycles. The summed E-state index contributed by atoms with van der Waals surface area (Å²) < 4.78 is 0.651. The number of aryl methyl sites for hydroxylation is 1. The van der Waals surface area contributed by atoms with E-state index in [2.05, 4.69) is 31.2 Å². The standard InChI is InChI=1S/C15H12BrN3O2/c1-7-5-9(8(2)20)12(17-7)6-10-14-11(18-15(10)21)3-4-13(16)19-14/h3-6,17H,1-2H3,(H,18,21)/b10-6-. The molecule has 0 aliphatic carbocycles. The number of anilines is 1. The van der Waals surface area contributed by atoms with Crippen molar-refractivity contribution in [1.29, 1.82) is 0 Å². The van der Waals surface area contributed by atoms with E-state index in [4.69, 9.17) is 0 Å². The molecule has 1 aliphatic heterocycles. The lowest BCUT2D eigenvalue weighted by Crippen LogP contribution is -2.04. The summed E-state index contributed by atoms with van der Waals surface area (Å²) in [6.07, 6.45) is 1.67. The van der Waals surface area contributed by atoms with E-state index in [-0.39, 0.29) is 11.7 Å². The molecule has 1 amide bonds. The number of fused-ring (bicyclic) bond motifs is 1. The van der Waals surface area contributed by atoms with Crippen molar-refractivity contribution in [3.63, 3.8) is 0 Å². The number of hydrogen-bond acceptors (Lipinski definition) is 3. The van der Waals surface area contributed by atoms with Crippen molar-refractivity contribution in [2.24, 2.45) is 0 Å². The second-order valence-corrected chi connectivity index (χ2v) is 5.69. The van der Waals surface area contributed by atoms with Gasteiger partial charge in [0.2, 0.25) is 0 Å². The van der Waals surface area contributed by atoms with Gasteiger partial charge in [0.05, 0.1) is 17.0 Å². The first-order valence-corrected chi connectivity index (χ1v) is 7.15. The predicted molar refractivity (Wildman–Crippen MR) is 84.0 cm³/mol. The summed E-state index contributed by atoms with van der Waals surface area (Å²) in [4.78, 5) is 31.2. The lowest BCUT2D eigenvalue weighted by molar-refractivity contribution is -0.110. The molecule has 3 rings (SSSR count). The van der Waals surface area contributed by atoms with Crippen LogP contribution in [0.5, 0.6) is 0 Å². The smallest absolute Gasteiger partial charge is 0.258 e. The highest BCUT2D eigenvalue weighted by molar-refractivity contribution is 9.10. The Labute approximate surface area is 129 Å². The molecule has 2 N–H and O–H groups in total. The average Bonchev–Trinajstić information content (AvgIpc) is 2.92. The van der Waals surface area contributed by atoms with Crippen LogP contribution in [-0.4, -0.2) is 21.7 Å². The minimum atomic E-state index is -0.225.